The Labute approximate surface area is 90.1 Å². The van der Waals surface area contributed by atoms with Crippen LogP contribution in [0.2, 0.25) is 0 Å². The average molecular weight is 207 g/mol. The van der Waals surface area contributed by atoms with E-state index >= 15 is 0 Å². The van der Waals surface area contributed by atoms with Crippen LogP contribution in [0, 0.1) is 5.92 Å². The monoisotopic (exact) mass is 207 g/mol. The second kappa shape index (κ2) is 4.57. The maximum absolute atomic E-state index is 4.98. The number of rotatable bonds is 5. The zero-order chi connectivity index (χ0) is 10.7. The van der Waals surface area contributed by atoms with E-state index < -0.39 is 0 Å². The number of hydrogen-bond acceptors (Lipinski definition) is 4. The van der Waals surface area contributed by atoms with Gasteiger partial charge in [-0.3, -0.25) is 0 Å². The predicted octanol–water partition coefficient (Wildman–Crippen LogP) is 1.55. The summed E-state index contributed by atoms with van der Waals surface area (Å²) >= 11 is 0. The minimum atomic E-state index is 0.330. The first kappa shape index (κ1) is 10.4. The number of nitrogens with zero attached hydrogens (tertiary/aromatic N) is 2. The molecule has 1 saturated carbocycles. The summed E-state index contributed by atoms with van der Waals surface area (Å²) in [5.41, 5.74) is 1.00. The maximum Gasteiger partial charge on any atom is 0.233 e. The second-order valence-electron chi connectivity index (χ2n) is 4.02. The first-order valence-electron chi connectivity index (χ1n) is 5.38. The van der Waals surface area contributed by atoms with Crippen molar-refractivity contribution in [3.8, 4) is 5.88 Å². The molecule has 1 heterocycles. The molecule has 15 heavy (non-hydrogen) atoms. The second-order valence-corrected chi connectivity index (χ2v) is 4.02. The van der Waals surface area contributed by atoms with Gasteiger partial charge in [-0.05, 0) is 25.5 Å². The first-order chi connectivity index (χ1) is 7.33. The summed E-state index contributed by atoms with van der Waals surface area (Å²) in [6, 6.07) is 4.17. The molecule has 1 atom stereocenters. The highest BCUT2D eigenvalue weighted by Crippen LogP contribution is 2.37. The van der Waals surface area contributed by atoms with Gasteiger partial charge in [-0.2, -0.15) is 5.10 Å². The zero-order valence-corrected chi connectivity index (χ0v) is 9.23. The number of methoxy groups -OCH3 is 1. The highest BCUT2D eigenvalue weighted by molar-refractivity contribution is 5.14. The maximum atomic E-state index is 4.98. The topological polar surface area (TPSA) is 47.0 Å². The van der Waals surface area contributed by atoms with E-state index in [0.717, 1.165) is 18.0 Å². The lowest BCUT2D eigenvalue weighted by Crippen LogP contribution is -2.18. The Hall–Kier alpha value is -1.16. The molecule has 1 aromatic rings. The van der Waals surface area contributed by atoms with E-state index in [1.165, 1.54) is 12.8 Å². The fourth-order valence-corrected chi connectivity index (χ4v) is 1.70. The van der Waals surface area contributed by atoms with Crippen LogP contribution in [0.4, 0.5) is 0 Å². The van der Waals surface area contributed by atoms with Gasteiger partial charge in [0.05, 0.1) is 18.8 Å². The van der Waals surface area contributed by atoms with Crippen LogP contribution in [0.15, 0.2) is 12.1 Å². The average Bonchev–Trinajstić information content (AvgIpc) is 3.10. The molecular formula is C11H17N3O. The third kappa shape index (κ3) is 2.65. The third-order valence-electron chi connectivity index (χ3n) is 2.84. The molecule has 1 aromatic heterocycles. The van der Waals surface area contributed by atoms with Crippen molar-refractivity contribution in [3.63, 3.8) is 0 Å². The molecule has 4 nitrogen and oxygen atoms in total. The molecule has 0 bridgehead atoms. The fraction of sp³-hybridized carbons (Fsp3) is 0.636. The molecular weight excluding hydrogens is 190 g/mol. The van der Waals surface area contributed by atoms with E-state index in [-0.39, 0.29) is 0 Å². The standard InChI is InChI=1S/C11H17N3O/c1-12-10(7-8-3-4-8)9-5-6-11(15-2)14-13-9/h5-6,8,10,12H,3-4,7H2,1-2H3. The van der Waals surface area contributed by atoms with Gasteiger partial charge in [0.2, 0.25) is 5.88 Å². The Kier molecular flexibility index (Phi) is 3.16. The number of ether oxygens (including phenoxy) is 1. The predicted molar refractivity (Wildman–Crippen MR) is 57.7 cm³/mol. The van der Waals surface area contributed by atoms with Gasteiger partial charge in [-0.1, -0.05) is 12.8 Å². The molecule has 0 radical (unpaired) electrons. The summed E-state index contributed by atoms with van der Waals surface area (Å²) in [7, 11) is 3.57. The van der Waals surface area contributed by atoms with Gasteiger partial charge in [0.1, 0.15) is 0 Å². The summed E-state index contributed by atoms with van der Waals surface area (Å²) in [5.74, 6) is 1.45. The van der Waals surface area contributed by atoms with Crippen molar-refractivity contribution < 1.29 is 4.74 Å². The lowest BCUT2D eigenvalue weighted by molar-refractivity contribution is 0.388. The number of hydrogen-bond donors (Lipinski definition) is 1. The molecule has 0 spiro atoms. The summed E-state index contributed by atoms with van der Waals surface area (Å²) in [4.78, 5) is 0. The Morgan fingerprint density at radius 1 is 1.47 bits per heavy atom. The Balaban J connectivity index is 2.03. The van der Waals surface area contributed by atoms with Crippen LogP contribution in [-0.2, 0) is 0 Å². The lowest BCUT2D eigenvalue weighted by atomic mass is 10.1. The van der Waals surface area contributed by atoms with Crippen LogP contribution in [0.3, 0.4) is 0 Å². The van der Waals surface area contributed by atoms with E-state index in [0.29, 0.717) is 11.9 Å². The van der Waals surface area contributed by atoms with Crippen LogP contribution in [-0.4, -0.2) is 24.4 Å². The first-order valence-corrected chi connectivity index (χ1v) is 5.38. The summed E-state index contributed by atoms with van der Waals surface area (Å²) in [6.45, 7) is 0. The largest absolute Gasteiger partial charge is 0.480 e. The van der Waals surface area contributed by atoms with E-state index in [1.54, 1.807) is 7.11 Å². The van der Waals surface area contributed by atoms with Crippen LogP contribution >= 0.6 is 0 Å². The van der Waals surface area contributed by atoms with Crippen molar-refractivity contribution in [3.05, 3.63) is 17.8 Å². The van der Waals surface area contributed by atoms with Gasteiger partial charge >= 0.3 is 0 Å². The molecule has 1 unspecified atom stereocenters. The molecule has 2 rings (SSSR count). The van der Waals surface area contributed by atoms with Crippen molar-refractivity contribution in [1.82, 2.24) is 15.5 Å². The van der Waals surface area contributed by atoms with Gasteiger partial charge in [0, 0.05) is 6.07 Å². The molecule has 1 aliphatic carbocycles. The van der Waals surface area contributed by atoms with Crippen LogP contribution in [0.1, 0.15) is 31.0 Å². The molecule has 0 aliphatic heterocycles. The van der Waals surface area contributed by atoms with Gasteiger partial charge in [-0.25, -0.2) is 0 Å². The highest BCUT2D eigenvalue weighted by atomic mass is 16.5. The number of aromatic nitrogens is 2. The molecule has 1 N–H and O–H groups in total. The van der Waals surface area contributed by atoms with Crippen molar-refractivity contribution in [2.24, 2.45) is 5.92 Å². The van der Waals surface area contributed by atoms with Gasteiger partial charge in [-0.15, -0.1) is 5.10 Å². The third-order valence-corrected chi connectivity index (χ3v) is 2.84. The van der Waals surface area contributed by atoms with Crippen molar-refractivity contribution in [2.75, 3.05) is 14.2 Å². The number of nitrogens with one attached hydrogen (secondary N) is 1. The fourth-order valence-electron chi connectivity index (χ4n) is 1.70. The molecule has 4 heteroatoms. The smallest absolute Gasteiger partial charge is 0.233 e. The van der Waals surface area contributed by atoms with Crippen molar-refractivity contribution in [1.29, 1.82) is 0 Å². The molecule has 1 fully saturated rings. The van der Waals surface area contributed by atoms with E-state index in [9.17, 15) is 0 Å². The lowest BCUT2D eigenvalue weighted by Gasteiger charge is -2.14. The van der Waals surface area contributed by atoms with Crippen LogP contribution in [0.25, 0.3) is 0 Å². The van der Waals surface area contributed by atoms with Gasteiger partial charge in [0.25, 0.3) is 0 Å². The summed E-state index contributed by atoms with van der Waals surface area (Å²) in [6.07, 6.45) is 3.89. The van der Waals surface area contributed by atoms with Crippen molar-refractivity contribution in [2.45, 2.75) is 25.3 Å². The van der Waals surface area contributed by atoms with Crippen LogP contribution < -0.4 is 10.1 Å². The van der Waals surface area contributed by atoms with E-state index in [4.69, 9.17) is 4.74 Å². The SMILES string of the molecule is CNC(CC1CC1)c1ccc(OC)nn1. The zero-order valence-electron chi connectivity index (χ0n) is 9.23. The molecule has 0 saturated heterocycles. The normalized spacial score (nSPS) is 17.5. The van der Waals surface area contributed by atoms with Crippen molar-refractivity contribution >= 4 is 0 Å². The Morgan fingerprint density at radius 3 is 2.73 bits per heavy atom. The van der Waals surface area contributed by atoms with Gasteiger partial charge in [0.15, 0.2) is 0 Å². The van der Waals surface area contributed by atoms with Gasteiger partial charge < -0.3 is 10.1 Å². The minimum Gasteiger partial charge on any atom is -0.480 e. The Bertz CT molecular complexity index is 308. The summed E-state index contributed by atoms with van der Waals surface area (Å²) < 4.78 is 4.98. The molecule has 1 aliphatic rings. The molecule has 0 amide bonds. The minimum absolute atomic E-state index is 0.330. The van der Waals surface area contributed by atoms with Crippen LogP contribution in [0.5, 0.6) is 5.88 Å². The molecule has 82 valence electrons. The summed E-state index contributed by atoms with van der Waals surface area (Å²) in [5, 5.41) is 11.4. The highest BCUT2D eigenvalue weighted by Gasteiger charge is 2.26. The Morgan fingerprint density at radius 2 is 2.27 bits per heavy atom. The van der Waals surface area contributed by atoms with E-state index in [1.807, 2.05) is 19.2 Å². The quantitative estimate of drug-likeness (QED) is 0.795. The van der Waals surface area contributed by atoms with E-state index in [2.05, 4.69) is 15.5 Å². The molecule has 0 aromatic carbocycles.